The highest BCUT2D eigenvalue weighted by Crippen LogP contribution is 2.24. The number of nitrogens with one attached hydrogen (secondary N) is 1. The second-order valence-corrected chi connectivity index (χ2v) is 5.85. The third-order valence-corrected chi connectivity index (χ3v) is 4.45. The Morgan fingerprint density at radius 2 is 2.44 bits per heavy atom. The van der Waals surface area contributed by atoms with Crippen molar-refractivity contribution in [2.24, 2.45) is 5.73 Å². The van der Waals surface area contributed by atoms with E-state index in [9.17, 15) is 4.79 Å². The molecule has 5 heteroatoms. The molecule has 0 aromatic carbocycles. The standard InChI is InChI=1S/C13H19N3OS/c14-8-11-7-10(4-5-15-11)13(17)16-9-12-3-1-2-6-18-12/h4-5,7,12H,1-3,6,8-9,14H2,(H,16,17). The van der Waals surface area contributed by atoms with Crippen LogP contribution in [0.3, 0.4) is 0 Å². The summed E-state index contributed by atoms with van der Waals surface area (Å²) in [5.41, 5.74) is 6.90. The van der Waals surface area contributed by atoms with Gasteiger partial charge in [-0.2, -0.15) is 11.8 Å². The molecule has 0 radical (unpaired) electrons. The van der Waals surface area contributed by atoms with Crippen LogP contribution >= 0.6 is 11.8 Å². The van der Waals surface area contributed by atoms with Crippen molar-refractivity contribution >= 4 is 17.7 Å². The zero-order valence-corrected chi connectivity index (χ0v) is 11.2. The molecule has 18 heavy (non-hydrogen) atoms. The Labute approximate surface area is 112 Å². The van der Waals surface area contributed by atoms with Crippen molar-refractivity contribution in [2.45, 2.75) is 31.1 Å². The maximum absolute atomic E-state index is 12.0. The monoisotopic (exact) mass is 265 g/mol. The van der Waals surface area contributed by atoms with Crippen molar-refractivity contribution in [2.75, 3.05) is 12.3 Å². The first-order valence-corrected chi connectivity index (χ1v) is 7.39. The fourth-order valence-corrected chi connectivity index (χ4v) is 3.25. The fraction of sp³-hybridized carbons (Fsp3) is 0.538. The van der Waals surface area contributed by atoms with Crippen LogP contribution < -0.4 is 11.1 Å². The van der Waals surface area contributed by atoms with E-state index in [4.69, 9.17) is 5.73 Å². The normalized spacial score (nSPS) is 19.5. The summed E-state index contributed by atoms with van der Waals surface area (Å²) in [5.74, 6) is 1.19. The molecule has 4 nitrogen and oxygen atoms in total. The van der Waals surface area contributed by atoms with Gasteiger partial charge in [0.25, 0.3) is 5.91 Å². The number of nitrogens with zero attached hydrogens (tertiary/aromatic N) is 1. The topological polar surface area (TPSA) is 68.0 Å². The quantitative estimate of drug-likeness (QED) is 0.867. The van der Waals surface area contributed by atoms with Crippen molar-refractivity contribution < 1.29 is 4.79 Å². The predicted molar refractivity (Wildman–Crippen MR) is 74.6 cm³/mol. The van der Waals surface area contributed by atoms with Gasteiger partial charge in [0.1, 0.15) is 0 Å². The third kappa shape index (κ3) is 3.71. The Kier molecular flexibility index (Phi) is 5.01. The van der Waals surface area contributed by atoms with Crippen LogP contribution in [-0.4, -0.2) is 28.4 Å². The van der Waals surface area contributed by atoms with Gasteiger partial charge in [-0.3, -0.25) is 9.78 Å². The average Bonchev–Trinajstić information content (AvgIpc) is 2.46. The van der Waals surface area contributed by atoms with Crippen molar-refractivity contribution in [1.82, 2.24) is 10.3 Å². The van der Waals surface area contributed by atoms with Crippen molar-refractivity contribution in [1.29, 1.82) is 0 Å². The maximum atomic E-state index is 12.0. The number of thioether (sulfide) groups is 1. The Bertz CT molecular complexity index is 405. The summed E-state index contributed by atoms with van der Waals surface area (Å²) in [7, 11) is 0. The average molecular weight is 265 g/mol. The van der Waals surface area contributed by atoms with Gasteiger partial charge in [-0.1, -0.05) is 6.42 Å². The zero-order chi connectivity index (χ0) is 12.8. The molecule has 1 saturated heterocycles. The van der Waals surface area contributed by atoms with Gasteiger partial charge in [0.15, 0.2) is 0 Å². The number of carbonyl (C=O) groups excluding carboxylic acids is 1. The molecule has 1 unspecified atom stereocenters. The number of aromatic nitrogens is 1. The molecule has 2 rings (SSSR count). The van der Waals surface area contributed by atoms with Crippen LogP contribution in [0.4, 0.5) is 0 Å². The lowest BCUT2D eigenvalue weighted by molar-refractivity contribution is 0.0953. The lowest BCUT2D eigenvalue weighted by atomic mass is 10.1. The largest absolute Gasteiger partial charge is 0.351 e. The van der Waals surface area contributed by atoms with Gasteiger partial charge in [-0.15, -0.1) is 0 Å². The van der Waals surface area contributed by atoms with Crippen molar-refractivity contribution in [3.8, 4) is 0 Å². The first-order valence-electron chi connectivity index (χ1n) is 6.34. The first kappa shape index (κ1) is 13.4. The van der Waals surface area contributed by atoms with Gasteiger partial charge in [-0.05, 0) is 30.7 Å². The minimum atomic E-state index is -0.0294. The smallest absolute Gasteiger partial charge is 0.251 e. The Hall–Kier alpha value is -1.07. The molecule has 1 aliphatic rings. The zero-order valence-electron chi connectivity index (χ0n) is 10.4. The van der Waals surface area contributed by atoms with Crippen LogP contribution in [0.2, 0.25) is 0 Å². The predicted octanol–water partition coefficient (Wildman–Crippen LogP) is 1.56. The van der Waals surface area contributed by atoms with E-state index < -0.39 is 0 Å². The van der Waals surface area contributed by atoms with E-state index in [-0.39, 0.29) is 5.91 Å². The molecule has 2 heterocycles. The summed E-state index contributed by atoms with van der Waals surface area (Å²) < 4.78 is 0. The minimum absolute atomic E-state index is 0.0294. The highest BCUT2D eigenvalue weighted by atomic mass is 32.2. The van der Waals surface area contributed by atoms with E-state index in [1.807, 2.05) is 11.8 Å². The van der Waals surface area contributed by atoms with Crippen molar-refractivity contribution in [3.63, 3.8) is 0 Å². The number of pyridine rings is 1. The van der Waals surface area contributed by atoms with Crippen LogP contribution in [0, 0.1) is 0 Å². The molecular formula is C13H19N3OS. The van der Waals surface area contributed by atoms with Gasteiger partial charge in [-0.25, -0.2) is 0 Å². The molecule has 0 spiro atoms. The Morgan fingerprint density at radius 1 is 1.56 bits per heavy atom. The van der Waals surface area contributed by atoms with Gasteiger partial charge >= 0.3 is 0 Å². The summed E-state index contributed by atoms with van der Waals surface area (Å²) in [4.78, 5) is 16.0. The minimum Gasteiger partial charge on any atom is -0.351 e. The molecule has 1 amide bonds. The van der Waals surface area contributed by atoms with E-state index in [1.54, 1.807) is 18.3 Å². The SMILES string of the molecule is NCc1cc(C(=O)NCC2CCCCS2)ccn1. The highest BCUT2D eigenvalue weighted by Gasteiger charge is 2.15. The molecule has 3 N–H and O–H groups in total. The van der Waals surface area contributed by atoms with Gasteiger partial charge in [0, 0.05) is 30.1 Å². The molecule has 0 aliphatic carbocycles. The second-order valence-electron chi connectivity index (χ2n) is 4.44. The molecule has 1 aromatic heterocycles. The lowest BCUT2D eigenvalue weighted by Crippen LogP contribution is -2.32. The van der Waals surface area contributed by atoms with E-state index in [0.717, 1.165) is 12.2 Å². The number of carbonyl (C=O) groups is 1. The van der Waals surface area contributed by atoms with Crippen LogP contribution in [0.15, 0.2) is 18.3 Å². The number of hydrogen-bond donors (Lipinski definition) is 2. The molecule has 1 aliphatic heterocycles. The Balaban J connectivity index is 1.86. The van der Waals surface area contributed by atoms with Crippen LogP contribution in [0.1, 0.15) is 35.3 Å². The number of rotatable bonds is 4. The van der Waals surface area contributed by atoms with Gasteiger partial charge < -0.3 is 11.1 Å². The van der Waals surface area contributed by atoms with E-state index in [2.05, 4.69) is 10.3 Å². The molecule has 1 atom stereocenters. The van der Waals surface area contributed by atoms with Crippen LogP contribution in [0.25, 0.3) is 0 Å². The first-order chi connectivity index (χ1) is 8.79. The van der Waals surface area contributed by atoms with Gasteiger partial charge in [0.05, 0.1) is 5.69 Å². The van der Waals surface area contributed by atoms with E-state index in [0.29, 0.717) is 17.4 Å². The summed E-state index contributed by atoms with van der Waals surface area (Å²) in [5, 5.41) is 3.56. The van der Waals surface area contributed by atoms with Crippen LogP contribution in [0.5, 0.6) is 0 Å². The van der Waals surface area contributed by atoms with Gasteiger partial charge in [0.2, 0.25) is 0 Å². The molecule has 0 bridgehead atoms. The molecule has 0 saturated carbocycles. The lowest BCUT2D eigenvalue weighted by Gasteiger charge is -2.21. The number of nitrogens with two attached hydrogens (primary N) is 1. The maximum Gasteiger partial charge on any atom is 0.251 e. The molecule has 98 valence electrons. The summed E-state index contributed by atoms with van der Waals surface area (Å²) in [6.45, 7) is 1.11. The molecule has 1 aromatic rings. The Morgan fingerprint density at radius 3 is 3.17 bits per heavy atom. The molecule has 1 fully saturated rings. The fourth-order valence-electron chi connectivity index (χ4n) is 2.01. The number of amides is 1. The summed E-state index contributed by atoms with van der Waals surface area (Å²) in [6, 6.07) is 3.48. The third-order valence-electron chi connectivity index (χ3n) is 3.05. The van der Waals surface area contributed by atoms with Crippen molar-refractivity contribution in [3.05, 3.63) is 29.6 Å². The molecular weight excluding hydrogens is 246 g/mol. The summed E-state index contributed by atoms with van der Waals surface area (Å²) in [6.07, 6.45) is 5.42. The van der Waals surface area contributed by atoms with Crippen LogP contribution in [-0.2, 0) is 6.54 Å². The summed E-state index contributed by atoms with van der Waals surface area (Å²) >= 11 is 1.96. The number of hydrogen-bond acceptors (Lipinski definition) is 4. The van der Waals surface area contributed by atoms with E-state index in [1.165, 1.54) is 25.0 Å². The van der Waals surface area contributed by atoms with E-state index >= 15 is 0 Å². The highest BCUT2D eigenvalue weighted by molar-refractivity contribution is 7.99. The second kappa shape index (κ2) is 6.75.